The second kappa shape index (κ2) is 7.70. The summed E-state index contributed by atoms with van der Waals surface area (Å²) in [6.07, 6.45) is -4.38. The van der Waals surface area contributed by atoms with Crippen LogP contribution in [0.1, 0.15) is 12.0 Å². The van der Waals surface area contributed by atoms with Crippen molar-refractivity contribution in [3.8, 4) is 0 Å². The maximum absolute atomic E-state index is 12.8. The fraction of sp³-hybridized carbons (Fsp3) is 0.429. The van der Waals surface area contributed by atoms with Gasteiger partial charge < -0.3 is 16.0 Å². The van der Waals surface area contributed by atoms with Crippen molar-refractivity contribution in [2.75, 3.05) is 23.4 Å². The molecule has 0 aliphatic carbocycles. The highest BCUT2D eigenvalue weighted by atomic mass is 35.5. The van der Waals surface area contributed by atoms with Crippen molar-refractivity contribution in [1.29, 1.82) is 0 Å². The normalized spacial score (nSPS) is 19.0. The lowest BCUT2D eigenvalue weighted by atomic mass is 10.2. The Labute approximate surface area is 152 Å². The molecule has 1 saturated heterocycles. The zero-order chi connectivity index (χ0) is 19.5. The number of alkyl halides is 3. The maximum Gasteiger partial charge on any atom is 0.417 e. The summed E-state index contributed by atoms with van der Waals surface area (Å²) in [6.45, 7) is -0.505. The Morgan fingerprint density at radius 2 is 1.96 bits per heavy atom. The summed E-state index contributed by atoms with van der Waals surface area (Å²) < 4.78 is 60.9. The highest BCUT2D eigenvalue weighted by Crippen LogP contribution is 2.36. The Bertz CT molecular complexity index is 814. The summed E-state index contributed by atoms with van der Waals surface area (Å²) in [6, 6.07) is 1.60. The standard InChI is InChI=1S/C14H15ClF3N3O4S/c15-11-2-1-8(5-10(11)14(16,17)18)20-12(22)6-19-13(23)21-9-3-4-26(24,25)7-9/h1-2,5,9H,3-4,6-7H2,(H,20,22)(H2,19,21,23)/t9-/m0/s1. The van der Waals surface area contributed by atoms with Crippen LogP contribution in [0.2, 0.25) is 5.02 Å². The highest BCUT2D eigenvalue weighted by molar-refractivity contribution is 7.91. The molecule has 0 aromatic heterocycles. The van der Waals surface area contributed by atoms with E-state index < -0.39 is 51.1 Å². The molecule has 7 nitrogen and oxygen atoms in total. The largest absolute Gasteiger partial charge is 0.417 e. The molecule has 0 bridgehead atoms. The van der Waals surface area contributed by atoms with Crippen molar-refractivity contribution in [1.82, 2.24) is 10.6 Å². The molecular formula is C14H15ClF3N3O4S. The topological polar surface area (TPSA) is 104 Å². The monoisotopic (exact) mass is 413 g/mol. The number of hydrogen-bond acceptors (Lipinski definition) is 4. The lowest BCUT2D eigenvalue weighted by Crippen LogP contribution is -2.45. The van der Waals surface area contributed by atoms with Crippen LogP contribution < -0.4 is 16.0 Å². The number of rotatable bonds is 4. The Balaban J connectivity index is 1.84. The predicted molar refractivity (Wildman–Crippen MR) is 88.7 cm³/mol. The summed E-state index contributed by atoms with van der Waals surface area (Å²) in [7, 11) is -3.16. The van der Waals surface area contributed by atoms with Gasteiger partial charge in [-0.1, -0.05) is 11.6 Å². The fourth-order valence-electron chi connectivity index (χ4n) is 2.33. The summed E-state index contributed by atoms with van der Waals surface area (Å²) in [5.74, 6) is -0.941. The van der Waals surface area contributed by atoms with Crippen LogP contribution in [0.3, 0.4) is 0 Å². The van der Waals surface area contributed by atoms with Gasteiger partial charge in [0.15, 0.2) is 9.84 Å². The number of nitrogens with one attached hydrogen (secondary N) is 3. The molecule has 1 heterocycles. The van der Waals surface area contributed by atoms with E-state index in [0.717, 1.165) is 6.07 Å². The minimum atomic E-state index is -4.67. The first-order valence-corrected chi connectivity index (χ1v) is 9.57. The molecule has 0 unspecified atom stereocenters. The van der Waals surface area contributed by atoms with Crippen LogP contribution in [0.15, 0.2) is 18.2 Å². The van der Waals surface area contributed by atoms with E-state index in [4.69, 9.17) is 11.6 Å². The average Bonchev–Trinajstić information content (AvgIpc) is 2.85. The molecule has 1 aliphatic heterocycles. The first kappa shape index (κ1) is 20.3. The van der Waals surface area contributed by atoms with E-state index >= 15 is 0 Å². The first-order valence-electron chi connectivity index (χ1n) is 7.38. The van der Waals surface area contributed by atoms with Gasteiger partial charge in [0, 0.05) is 11.7 Å². The zero-order valence-corrected chi connectivity index (χ0v) is 14.8. The van der Waals surface area contributed by atoms with E-state index in [1.165, 1.54) is 6.07 Å². The summed E-state index contributed by atoms with van der Waals surface area (Å²) in [5.41, 5.74) is -1.22. The third kappa shape index (κ3) is 5.77. The predicted octanol–water partition coefficient (Wildman–Crippen LogP) is 1.78. The number of carbonyl (C=O) groups excluding carboxylic acids is 2. The van der Waals surface area contributed by atoms with Crippen molar-refractivity contribution >= 4 is 39.1 Å². The van der Waals surface area contributed by atoms with Gasteiger partial charge in [0.2, 0.25) is 5.91 Å². The SMILES string of the molecule is O=C(CNC(=O)N[C@H]1CCS(=O)(=O)C1)Nc1ccc(Cl)c(C(F)(F)F)c1. The van der Waals surface area contributed by atoms with Crippen LogP contribution in [-0.4, -0.2) is 44.4 Å². The van der Waals surface area contributed by atoms with Crippen molar-refractivity contribution in [3.63, 3.8) is 0 Å². The molecule has 3 amide bonds. The summed E-state index contributed by atoms with van der Waals surface area (Å²) in [4.78, 5) is 23.4. The molecule has 26 heavy (non-hydrogen) atoms. The number of amides is 3. The van der Waals surface area contributed by atoms with E-state index in [0.29, 0.717) is 6.07 Å². The molecule has 0 radical (unpaired) electrons. The van der Waals surface area contributed by atoms with Gasteiger partial charge in [0.05, 0.1) is 28.6 Å². The maximum atomic E-state index is 12.8. The van der Waals surface area contributed by atoms with Gasteiger partial charge in [-0.25, -0.2) is 13.2 Å². The van der Waals surface area contributed by atoms with Gasteiger partial charge in [-0.15, -0.1) is 0 Å². The summed E-state index contributed by atoms with van der Waals surface area (Å²) >= 11 is 5.48. The molecule has 1 atom stereocenters. The zero-order valence-electron chi connectivity index (χ0n) is 13.2. The molecule has 1 aromatic rings. The van der Waals surface area contributed by atoms with Crippen LogP contribution in [0, 0.1) is 0 Å². The van der Waals surface area contributed by atoms with Crippen molar-refractivity contribution in [2.45, 2.75) is 18.6 Å². The number of sulfone groups is 1. The third-order valence-corrected chi connectivity index (χ3v) is 5.63. The summed E-state index contributed by atoms with van der Waals surface area (Å²) in [5, 5.41) is 6.33. The van der Waals surface area contributed by atoms with Crippen molar-refractivity contribution < 1.29 is 31.2 Å². The van der Waals surface area contributed by atoms with Crippen LogP contribution in [0.25, 0.3) is 0 Å². The minimum absolute atomic E-state index is 0.0173. The molecule has 1 aliphatic rings. The molecule has 0 spiro atoms. The molecule has 1 aromatic carbocycles. The van der Waals surface area contributed by atoms with Crippen LogP contribution in [0.5, 0.6) is 0 Å². The number of hydrogen-bond donors (Lipinski definition) is 3. The van der Waals surface area contributed by atoms with Gasteiger partial charge >= 0.3 is 12.2 Å². The minimum Gasteiger partial charge on any atom is -0.334 e. The smallest absolute Gasteiger partial charge is 0.334 e. The number of carbonyl (C=O) groups is 2. The van der Waals surface area contributed by atoms with E-state index in [9.17, 15) is 31.2 Å². The highest BCUT2D eigenvalue weighted by Gasteiger charge is 2.33. The first-order chi connectivity index (χ1) is 12.0. The van der Waals surface area contributed by atoms with Gasteiger partial charge in [0.25, 0.3) is 0 Å². The fourth-order valence-corrected chi connectivity index (χ4v) is 4.23. The Hall–Kier alpha value is -2.01. The molecule has 2 rings (SSSR count). The van der Waals surface area contributed by atoms with E-state index in [-0.39, 0.29) is 23.6 Å². The molecule has 3 N–H and O–H groups in total. The van der Waals surface area contributed by atoms with E-state index in [2.05, 4.69) is 16.0 Å². The van der Waals surface area contributed by atoms with Crippen molar-refractivity contribution in [3.05, 3.63) is 28.8 Å². The second-order valence-electron chi connectivity index (χ2n) is 5.67. The van der Waals surface area contributed by atoms with Crippen LogP contribution in [-0.2, 0) is 20.8 Å². The molecule has 0 saturated carbocycles. The van der Waals surface area contributed by atoms with E-state index in [1.807, 2.05) is 0 Å². The Morgan fingerprint density at radius 1 is 1.27 bits per heavy atom. The Morgan fingerprint density at radius 3 is 2.54 bits per heavy atom. The van der Waals surface area contributed by atoms with Gasteiger partial charge in [-0.3, -0.25) is 4.79 Å². The molecule has 144 valence electrons. The van der Waals surface area contributed by atoms with Crippen LogP contribution >= 0.6 is 11.6 Å². The number of benzene rings is 1. The van der Waals surface area contributed by atoms with Crippen LogP contribution in [0.4, 0.5) is 23.7 Å². The van der Waals surface area contributed by atoms with Gasteiger partial charge in [-0.05, 0) is 24.6 Å². The number of urea groups is 1. The second-order valence-corrected chi connectivity index (χ2v) is 8.30. The Kier molecular flexibility index (Phi) is 6.02. The lowest BCUT2D eigenvalue weighted by Gasteiger charge is -2.13. The van der Waals surface area contributed by atoms with E-state index in [1.54, 1.807) is 0 Å². The number of anilines is 1. The molecule has 12 heteroatoms. The van der Waals surface area contributed by atoms with Gasteiger partial charge in [-0.2, -0.15) is 13.2 Å². The lowest BCUT2D eigenvalue weighted by molar-refractivity contribution is -0.137. The average molecular weight is 414 g/mol. The molecule has 1 fully saturated rings. The number of halogens is 4. The molecular weight excluding hydrogens is 399 g/mol. The van der Waals surface area contributed by atoms with Crippen molar-refractivity contribution in [2.24, 2.45) is 0 Å². The third-order valence-electron chi connectivity index (χ3n) is 3.53. The van der Waals surface area contributed by atoms with Gasteiger partial charge in [0.1, 0.15) is 0 Å². The quantitative estimate of drug-likeness (QED) is 0.699.